The number of rotatable bonds is 11. The molecule has 7 nitrogen and oxygen atoms in total. The van der Waals surface area contributed by atoms with Crippen LogP contribution in [0.2, 0.25) is 0 Å². The fraction of sp³-hybridized carbons (Fsp3) is 0.611. The lowest BCUT2D eigenvalue weighted by Crippen LogP contribution is -2.59. The smallest absolute Gasteiger partial charge is 0.423 e. The summed E-state index contributed by atoms with van der Waals surface area (Å²) >= 11 is 0. The van der Waals surface area contributed by atoms with Gasteiger partial charge in [0.05, 0.1) is 6.54 Å². The van der Waals surface area contributed by atoms with Gasteiger partial charge in [-0.1, -0.05) is 0 Å². The van der Waals surface area contributed by atoms with Crippen LogP contribution in [0.25, 0.3) is 0 Å². The Balaban J connectivity index is 4.54. The van der Waals surface area contributed by atoms with Crippen LogP contribution >= 0.6 is 0 Å². The van der Waals surface area contributed by atoms with E-state index in [2.05, 4.69) is 0 Å². The van der Waals surface area contributed by atoms with Crippen molar-refractivity contribution < 1.29 is 121 Å². The second-order valence-electron chi connectivity index (χ2n) is 8.68. The molecule has 5 N–H and O–H groups in total. The van der Waals surface area contributed by atoms with Crippen LogP contribution in [0.4, 0.5) is 102 Å². The first-order valence-electron chi connectivity index (χ1n) is 10.9. The molecule has 0 radical (unpaired) electrons. The highest BCUT2D eigenvalue weighted by molar-refractivity contribution is 6.59. The third kappa shape index (κ3) is 7.44. The van der Waals surface area contributed by atoms with Gasteiger partial charge >= 0.3 is 67.6 Å². The van der Waals surface area contributed by atoms with Crippen molar-refractivity contribution >= 4 is 24.2 Å². The van der Waals surface area contributed by atoms with Crippen LogP contribution in [-0.2, 0) is 26.0 Å². The summed E-state index contributed by atoms with van der Waals surface area (Å²) in [4.78, 5) is 11.6. The molecule has 0 saturated carbocycles. The number of hydrogen-bond donors (Lipinski definition) is 4. The van der Waals surface area contributed by atoms with E-state index < -0.39 is 114 Å². The molecule has 0 bridgehead atoms. The van der Waals surface area contributed by atoms with Gasteiger partial charge in [-0.3, -0.25) is 14.3 Å². The summed E-state index contributed by atoms with van der Waals surface area (Å²) in [5.74, 6) is -32.5. The van der Waals surface area contributed by atoms with Crippen molar-refractivity contribution in [3.63, 3.8) is 0 Å². The Labute approximate surface area is 247 Å². The second-order valence-corrected chi connectivity index (χ2v) is 8.68. The summed E-state index contributed by atoms with van der Waals surface area (Å²) in [6.07, 6.45) is -46.5. The minimum Gasteiger partial charge on any atom is -0.423 e. The number of anilines is 1. The number of halogens is 22. The molecule has 2 atom stereocenters. The molecule has 1 aromatic rings. The Morgan fingerprint density at radius 3 is 1.21 bits per heavy atom. The molecule has 0 aliphatic rings. The molecular weight excluding hydrogens is 753 g/mol. The highest BCUT2D eigenvalue weighted by Crippen LogP contribution is 2.57. The lowest BCUT2D eigenvalue weighted by molar-refractivity contribution is -0.489. The highest BCUT2D eigenvalue weighted by Gasteiger charge is 2.80. The zero-order chi connectivity index (χ0) is 38.7. The molecule has 1 aromatic carbocycles. The topological polar surface area (TPSA) is 114 Å². The Bertz CT molecular complexity index is 1340. The van der Waals surface area contributed by atoms with E-state index in [1.807, 2.05) is 9.47 Å². The number of nitrogens with two attached hydrogens (primary N) is 1. The quantitative estimate of drug-likeness (QED) is 0.181. The summed E-state index contributed by atoms with van der Waals surface area (Å²) < 4.78 is 301. The first-order valence-corrected chi connectivity index (χ1v) is 10.9. The van der Waals surface area contributed by atoms with Crippen LogP contribution in [0, 0.1) is 0 Å². The average molecular weight is 762 g/mol. The molecule has 0 heterocycles. The summed E-state index contributed by atoms with van der Waals surface area (Å²) in [5, 5.41) is 19.4. The van der Waals surface area contributed by atoms with Gasteiger partial charge < -0.3 is 21.1 Å². The van der Waals surface area contributed by atoms with E-state index in [4.69, 9.17) is 5.73 Å². The highest BCUT2D eigenvalue weighted by atomic mass is 19.4. The molecule has 0 spiro atoms. The van der Waals surface area contributed by atoms with Crippen molar-refractivity contribution in [2.75, 3.05) is 11.9 Å². The molecule has 30 heteroatoms. The molecule has 0 aliphatic carbocycles. The van der Waals surface area contributed by atoms with E-state index in [1.165, 1.54) is 0 Å². The van der Waals surface area contributed by atoms with E-state index in [-0.39, 0.29) is 0 Å². The van der Waals surface area contributed by atoms with Crippen molar-refractivity contribution in [3.8, 4) is 0 Å². The number of alkyl halides is 22. The Morgan fingerprint density at radius 2 is 0.938 bits per heavy atom. The number of ether oxygens (including phenoxy) is 2. The van der Waals surface area contributed by atoms with Gasteiger partial charge in [-0.05, 0) is 17.6 Å². The minimum atomic E-state index is -7.91. The lowest BCUT2D eigenvalue weighted by atomic mass is 9.73. The molecule has 0 aliphatic heterocycles. The summed E-state index contributed by atoms with van der Waals surface area (Å²) in [6.45, 7) is -1.59. The van der Waals surface area contributed by atoms with Crippen molar-refractivity contribution in [3.05, 3.63) is 23.3 Å². The van der Waals surface area contributed by atoms with Crippen molar-refractivity contribution in [2.45, 2.75) is 60.5 Å². The molecule has 0 aromatic heterocycles. The third-order valence-corrected chi connectivity index (χ3v) is 5.33. The van der Waals surface area contributed by atoms with Crippen molar-refractivity contribution in [1.29, 1.82) is 0 Å². The number of carbonyl (C=O) groups excluding carboxylic acids is 1. The monoisotopic (exact) mass is 762 g/mol. The summed E-state index contributed by atoms with van der Waals surface area (Å²) in [7, 11) is -4.06. The van der Waals surface area contributed by atoms with Crippen LogP contribution in [0.15, 0.2) is 12.1 Å². The molecular formula is C18H9BF22N2O5. The van der Waals surface area contributed by atoms with E-state index >= 15 is 8.78 Å². The predicted molar refractivity (Wildman–Crippen MR) is 106 cm³/mol. The fourth-order valence-electron chi connectivity index (χ4n) is 3.02. The molecule has 2 unspecified atom stereocenters. The molecule has 0 saturated heterocycles. The van der Waals surface area contributed by atoms with Crippen LogP contribution in [-0.4, -0.2) is 78.4 Å². The molecule has 48 heavy (non-hydrogen) atoms. The normalized spacial score (nSPS) is 17.1. The van der Waals surface area contributed by atoms with E-state index in [9.17, 15) is 103 Å². The number of hydrogen-bond acceptors (Lipinski definition) is 6. The van der Waals surface area contributed by atoms with E-state index in [1.54, 1.807) is 0 Å². The van der Waals surface area contributed by atoms with Gasteiger partial charge in [-0.15, -0.1) is 0 Å². The summed E-state index contributed by atoms with van der Waals surface area (Å²) in [6, 6.07) is -3.04. The van der Waals surface area contributed by atoms with Gasteiger partial charge in [0, 0.05) is 16.8 Å². The number of carbonyl (C=O) groups is 1. The first kappa shape index (κ1) is 43.0. The van der Waals surface area contributed by atoms with Crippen molar-refractivity contribution in [2.24, 2.45) is 5.73 Å². The second kappa shape index (κ2) is 12.4. The van der Waals surface area contributed by atoms with Gasteiger partial charge in [0.1, 0.15) is 0 Å². The van der Waals surface area contributed by atoms with Crippen LogP contribution in [0.5, 0.6) is 0 Å². The zero-order valence-electron chi connectivity index (χ0n) is 21.5. The molecule has 278 valence electrons. The Hall–Kier alpha value is -2.99. The van der Waals surface area contributed by atoms with Crippen molar-refractivity contribution in [1.82, 2.24) is 0 Å². The average Bonchev–Trinajstić information content (AvgIpc) is 2.84. The van der Waals surface area contributed by atoms with Crippen LogP contribution < -0.4 is 16.5 Å². The largest absolute Gasteiger partial charge is 0.489 e. The first-order chi connectivity index (χ1) is 20.8. The van der Waals surface area contributed by atoms with Gasteiger partial charge in [-0.2, -0.15) is 96.6 Å². The minimum absolute atomic E-state index is 0.776. The number of amides is 1. The van der Waals surface area contributed by atoms with Crippen LogP contribution in [0.3, 0.4) is 0 Å². The lowest BCUT2D eigenvalue weighted by Gasteiger charge is -2.38. The SMILES string of the molecule is NCC(=O)Nc1cc(B(O)O)c(C(F)(OC(F)(F)C(F)(F)C(F)(F)F)C(F)(F)F)cc1C(F)(OC(F)(F)C(F)(F)C(F)(F)F)C(F)(F)F. The maximum absolute atomic E-state index is 15.4. The van der Waals surface area contributed by atoms with Gasteiger partial charge in [0.25, 0.3) is 0 Å². The van der Waals surface area contributed by atoms with Gasteiger partial charge in [0.2, 0.25) is 5.91 Å². The standard InChI is InChI=1S/C18H9BF22N2O5/c20-9(13(26,27)28,47-17(38,39)11(22,23)15(32,33)34)4-1-5(7(43-8(44)3-42)2-6(4)19(45)46)10(21,14(29,30)31)48-18(40,41)12(24,25)16(35,36)37/h1-2,45-46H,3,42H2,(H,43,44). The zero-order valence-corrected chi connectivity index (χ0v) is 21.5. The van der Waals surface area contributed by atoms with E-state index in [0.717, 1.165) is 5.32 Å². The predicted octanol–water partition coefficient (Wildman–Crippen LogP) is 5.25. The fourth-order valence-corrected chi connectivity index (χ4v) is 3.02. The van der Waals surface area contributed by atoms with Gasteiger partial charge in [-0.25, -0.2) is 0 Å². The maximum Gasteiger partial charge on any atom is 0.489 e. The Kier molecular flexibility index (Phi) is 11.1. The number of benzene rings is 1. The molecule has 0 fully saturated rings. The van der Waals surface area contributed by atoms with Gasteiger partial charge in [0.15, 0.2) is 0 Å². The molecule has 1 amide bonds. The Morgan fingerprint density at radius 1 is 0.604 bits per heavy atom. The third-order valence-electron chi connectivity index (χ3n) is 5.33. The molecule has 1 rings (SSSR count). The maximum atomic E-state index is 15.4. The van der Waals surface area contributed by atoms with E-state index in [0.29, 0.717) is 0 Å². The number of nitrogens with one attached hydrogen (secondary N) is 1. The summed E-state index contributed by atoms with van der Waals surface area (Å²) in [5.41, 5.74) is -8.05. The van der Waals surface area contributed by atoms with Crippen LogP contribution in [0.1, 0.15) is 11.1 Å².